The summed E-state index contributed by atoms with van der Waals surface area (Å²) in [6.07, 6.45) is 0.856. The Labute approximate surface area is 290 Å². The quantitative estimate of drug-likeness (QED) is 0.189. The molecule has 2 aliphatic carbocycles. The maximum absolute atomic E-state index is 5.01. The lowest BCUT2D eigenvalue weighted by Gasteiger charge is -2.31. The second-order valence-electron chi connectivity index (χ2n) is 13.7. The fourth-order valence-electron chi connectivity index (χ4n) is 9.33. The molecule has 2 heteroatoms. The number of aromatic nitrogens is 2. The molecule has 1 heterocycles. The minimum Gasteiger partial charge on any atom is -0.296 e. The van der Waals surface area contributed by atoms with Gasteiger partial charge in [0.25, 0.3) is 0 Å². The van der Waals surface area contributed by atoms with Gasteiger partial charge in [0.1, 0.15) is 5.82 Å². The van der Waals surface area contributed by atoms with Crippen LogP contribution in [0.2, 0.25) is 0 Å². The molecule has 0 N–H and O–H groups in total. The van der Waals surface area contributed by atoms with Crippen molar-refractivity contribution in [2.75, 3.05) is 0 Å². The number of imidazole rings is 1. The topological polar surface area (TPSA) is 17.8 Å². The fraction of sp³-hybridized carbons (Fsp3) is 0.0625. The molecule has 0 saturated heterocycles. The van der Waals surface area contributed by atoms with Crippen LogP contribution in [0.4, 0.5) is 0 Å². The second-order valence-corrected chi connectivity index (χ2v) is 13.7. The highest BCUT2D eigenvalue weighted by atomic mass is 15.1. The average molecular weight is 637 g/mol. The van der Waals surface area contributed by atoms with Gasteiger partial charge in [-0.15, -0.1) is 0 Å². The average Bonchev–Trinajstić information content (AvgIpc) is 3.80. The summed E-state index contributed by atoms with van der Waals surface area (Å²) in [5, 5.41) is 5.11. The first-order valence-corrected chi connectivity index (χ1v) is 17.6. The van der Waals surface area contributed by atoms with E-state index < -0.39 is 5.41 Å². The first-order valence-electron chi connectivity index (χ1n) is 17.6. The Bertz CT molecular complexity index is 2830. The molecule has 0 aliphatic heterocycles. The first-order chi connectivity index (χ1) is 24.8. The molecule has 1 spiro atoms. The number of fused-ring (bicyclic) bond motifs is 14. The van der Waals surface area contributed by atoms with Crippen molar-refractivity contribution in [1.82, 2.24) is 9.55 Å². The van der Waals surface area contributed by atoms with Crippen LogP contribution in [0.15, 0.2) is 164 Å². The number of para-hydroxylation sites is 2. The predicted octanol–water partition coefficient (Wildman–Crippen LogP) is 11.9. The molecule has 0 radical (unpaired) electrons. The molecule has 0 fully saturated rings. The molecule has 0 amide bonds. The summed E-state index contributed by atoms with van der Waals surface area (Å²) >= 11 is 0. The largest absolute Gasteiger partial charge is 0.296 e. The van der Waals surface area contributed by atoms with Crippen molar-refractivity contribution >= 4 is 32.6 Å². The van der Waals surface area contributed by atoms with E-state index in [1.54, 1.807) is 0 Å². The van der Waals surface area contributed by atoms with Crippen LogP contribution in [-0.4, -0.2) is 9.55 Å². The summed E-state index contributed by atoms with van der Waals surface area (Å²) in [7, 11) is 0. The van der Waals surface area contributed by atoms with E-state index in [0.717, 1.165) is 29.0 Å². The molecule has 0 saturated carbocycles. The molecule has 2 aliphatic rings. The van der Waals surface area contributed by atoms with Crippen molar-refractivity contribution in [3.8, 4) is 39.1 Å². The Balaban J connectivity index is 1.26. The molecule has 0 bridgehead atoms. The van der Waals surface area contributed by atoms with Gasteiger partial charge in [-0.3, -0.25) is 4.57 Å². The van der Waals surface area contributed by atoms with Crippen LogP contribution in [0.5, 0.6) is 0 Å². The second kappa shape index (κ2) is 10.1. The monoisotopic (exact) mass is 636 g/mol. The van der Waals surface area contributed by atoms with Crippen molar-refractivity contribution in [3.63, 3.8) is 0 Å². The van der Waals surface area contributed by atoms with E-state index in [1.807, 2.05) is 0 Å². The third-order valence-electron chi connectivity index (χ3n) is 11.3. The van der Waals surface area contributed by atoms with Gasteiger partial charge < -0.3 is 0 Å². The number of hydrogen-bond acceptors (Lipinski definition) is 1. The SMILES string of the molecule is CCc1nc2ccccc2n1-c1cccc(-c2cc3c(c4ccccc24)-c2cc4ccccc4cc2C32c3ccccc3-c3ccccc32)c1. The summed E-state index contributed by atoms with van der Waals surface area (Å²) in [6.45, 7) is 2.19. The van der Waals surface area contributed by atoms with Crippen LogP contribution in [0.25, 0.3) is 71.6 Å². The molecule has 50 heavy (non-hydrogen) atoms. The van der Waals surface area contributed by atoms with Crippen LogP contribution in [0, 0.1) is 0 Å². The highest BCUT2D eigenvalue weighted by molar-refractivity contribution is 6.12. The maximum Gasteiger partial charge on any atom is 0.114 e. The smallest absolute Gasteiger partial charge is 0.114 e. The molecular weight excluding hydrogens is 605 g/mol. The molecule has 0 atom stereocenters. The standard InChI is InChI=1S/C48H32N2/c1-2-46-49-44-24-11-12-25-45(44)50(46)33-17-13-16-32(26-33)38-29-43-47(37-21-6-5-18-34(37)38)39-27-30-14-3-4-15-31(30)28-42(39)48(43)40-22-9-7-19-35(40)36-20-8-10-23-41(36)48/h3-29H,2H2,1H3. The van der Waals surface area contributed by atoms with Crippen LogP contribution in [0.3, 0.4) is 0 Å². The van der Waals surface area contributed by atoms with Crippen LogP contribution >= 0.6 is 0 Å². The maximum atomic E-state index is 5.01. The van der Waals surface area contributed by atoms with E-state index in [1.165, 1.54) is 77.2 Å². The molecule has 1 aromatic heterocycles. The van der Waals surface area contributed by atoms with Gasteiger partial charge in [0, 0.05) is 12.1 Å². The van der Waals surface area contributed by atoms with Crippen molar-refractivity contribution in [2.45, 2.75) is 18.8 Å². The molecule has 11 rings (SSSR count). The first kappa shape index (κ1) is 27.7. The van der Waals surface area contributed by atoms with Gasteiger partial charge in [-0.2, -0.15) is 0 Å². The Hall–Kier alpha value is -6.25. The predicted molar refractivity (Wildman–Crippen MR) is 207 cm³/mol. The normalized spacial score (nSPS) is 13.5. The zero-order valence-electron chi connectivity index (χ0n) is 27.7. The molecule has 9 aromatic rings. The summed E-state index contributed by atoms with van der Waals surface area (Å²) < 4.78 is 2.33. The molecule has 8 aromatic carbocycles. The zero-order valence-corrected chi connectivity index (χ0v) is 27.7. The van der Waals surface area contributed by atoms with E-state index in [4.69, 9.17) is 4.98 Å². The Morgan fingerprint density at radius 3 is 1.94 bits per heavy atom. The Morgan fingerprint density at radius 2 is 1.16 bits per heavy atom. The highest BCUT2D eigenvalue weighted by Gasteiger charge is 2.52. The third kappa shape index (κ3) is 3.50. The van der Waals surface area contributed by atoms with Gasteiger partial charge in [0.05, 0.1) is 16.4 Å². The number of nitrogens with zero attached hydrogens (tertiary/aromatic N) is 2. The van der Waals surface area contributed by atoms with Crippen molar-refractivity contribution in [3.05, 3.63) is 192 Å². The van der Waals surface area contributed by atoms with Crippen LogP contribution in [0.1, 0.15) is 35.0 Å². The Morgan fingerprint density at radius 1 is 0.500 bits per heavy atom. The third-order valence-corrected chi connectivity index (χ3v) is 11.3. The summed E-state index contributed by atoms with van der Waals surface area (Å²) in [5.41, 5.74) is 16.1. The Kier molecular flexibility index (Phi) is 5.61. The van der Waals surface area contributed by atoms with Gasteiger partial charge in [-0.25, -0.2) is 4.98 Å². The fourth-order valence-corrected chi connectivity index (χ4v) is 9.33. The van der Waals surface area contributed by atoms with Gasteiger partial charge in [0.2, 0.25) is 0 Å². The molecular formula is C48H32N2. The van der Waals surface area contributed by atoms with Gasteiger partial charge in [0.15, 0.2) is 0 Å². The van der Waals surface area contributed by atoms with Crippen LogP contribution < -0.4 is 0 Å². The van der Waals surface area contributed by atoms with Gasteiger partial charge in [-0.1, -0.05) is 128 Å². The number of hydrogen-bond donors (Lipinski definition) is 0. The minimum atomic E-state index is -0.436. The highest BCUT2D eigenvalue weighted by Crippen LogP contribution is 2.64. The number of aryl methyl sites for hydroxylation is 1. The molecule has 234 valence electrons. The lowest BCUT2D eigenvalue weighted by Crippen LogP contribution is -2.26. The van der Waals surface area contributed by atoms with E-state index in [0.29, 0.717) is 0 Å². The van der Waals surface area contributed by atoms with Crippen molar-refractivity contribution in [2.24, 2.45) is 0 Å². The van der Waals surface area contributed by atoms with Crippen molar-refractivity contribution in [1.29, 1.82) is 0 Å². The summed E-state index contributed by atoms with van der Waals surface area (Å²) in [5.74, 6) is 1.07. The summed E-state index contributed by atoms with van der Waals surface area (Å²) in [4.78, 5) is 5.01. The lowest BCUT2D eigenvalue weighted by molar-refractivity contribution is 0.796. The lowest BCUT2D eigenvalue weighted by atomic mass is 9.69. The molecule has 2 nitrogen and oxygen atoms in total. The molecule has 0 unspecified atom stereocenters. The summed E-state index contributed by atoms with van der Waals surface area (Å²) in [6, 6.07) is 61.1. The van der Waals surface area contributed by atoms with E-state index in [2.05, 4.69) is 175 Å². The van der Waals surface area contributed by atoms with E-state index >= 15 is 0 Å². The zero-order chi connectivity index (χ0) is 33.0. The van der Waals surface area contributed by atoms with Gasteiger partial charge in [-0.05, 0) is 120 Å². The van der Waals surface area contributed by atoms with Crippen molar-refractivity contribution < 1.29 is 0 Å². The van der Waals surface area contributed by atoms with Crippen LogP contribution in [-0.2, 0) is 11.8 Å². The minimum absolute atomic E-state index is 0.436. The van der Waals surface area contributed by atoms with E-state index in [9.17, 15) is 0 Å². The number of rotatable bonds is 3. The van der Waals surface area contributed by atoms with Gasteiger partial charge >= 0.3 is 0 Å². The van der Waals surface area contributed by atoms with E-state index in [-0.39, 0.29) is 0 Å². The number of benzene rings is 8.